The van der Waals surface area contributed by atoms with E-state index in [0.717, 1.165) is 6.42 Å². The van der Waals surface area contributed by atoms with Gasteiger partial charge in [-0.1, -0.05) is 194 Å². The van der Waals surface area contributed by atoms with Crippen molar-refractivity contribution in [3.8, 4) is 11.1 Å². The topological polar surface area (TPSA) is 6.48 Å². The first-order chi connectivity index (χ1) is 32.3. The van der Waals surface area contributed by atoms with Crippen LogP contribution in [0.4, 0.5) is 34.1 Å². The Balaban J connectivity index is 1.38. The molecule has 0 saturated heterocycles. The number of nitrogens with zero attached hydrogens (tertiary/aromatic N) is 2. The third kappa shape index (κ3) is 11.6. The SMILES string of the molecule is CC=C(CCCCC)c1ccc(N(c2ccc(C)cc2)c2ccc3c(c2)C(CCCCCCCC)(CCCCCCCC)c2cc(N(c4ccc(C)cc4)c4ccc(C)cc4)ccc2-3)cc1. The molecule has 2 heteroatoms. The Morgan fingerprint density at radius 1 is 0.394 bits per heavy atom. The van der Waals surface area contributed by atoms with Gasteiger partial charge in [-0.2, -0.15) is 0 Å². The highest BCUT2D eigenvalue weighted by atomic mass is 15.1. The number of hydrogen-bond donors (Lipinski definition) is 0. The van der Waals surface area contributed by atoms with E-state index in [1.165, 1.54) is 193 Å². The number of anilines is 6. The maximum atomic E-state index is 2.62. The van der Waals surface area contributed by atoms with Crippen molar-refractivity contribution in [2.45, 2.75) is 169 Å². The highest BCUT2D eigenvalue weighted by Gasteiger charge is 2.43. The van der Waals surface area contributed by atoms with Crippen molar-refractivity contribution in [1.82, 2.24) is 0 Å². The van der Waals surface area contributed by atoms with Crippen LogP contribution in [0.15, 0.2) is 140 Å². The van der Waals surface area contributed by atoms with Crippen LogP contribution < -0.4 is 9.80 Å². The monoisotopic (exact) mass is 877 g/mol. The highest BCUT2D eigenvalue weighted by molar-refractivity contribution is 5.89. The van der Waals surface area contributed by atoms with E-state index in [0.29, 0.717) is 0 Å². The molecule has 0 aliphatic heterocycles. The fourth-order valence-corrected chi connectivity index (χ4v) is 10.6. The van der Waals surface area contributed by atoms with E-state index >= 15 is 0 Å². The van der Waals surface area contributed by atoms with E-state index in [1.54, 1.807) is 0 Å². The van der Waals surface area contributed by atoms with Crippen LogP contribution >= 0.6 is 0 Å². The molecule has 0 aromatic heterocycles. The summed E-state index contributed by atoms with van der Waals surface area (Å²) in [5, 5.41) is 0. The van der Waals surface area contributed by atoms with Crippen LogP contribution in [0.1, 0.15) is 177 Å². The van der Waals surface area contributed by atoms with E-state index in [9.17, 15) is 0 Å². The zero-order valence-corrected chi connectivity index (χ0v) is 41.9. The molecule has 0 unspecified atom stereocenters. The molecule has 346 valence electrons. The van der Waals surface area contributed by atoms with Crippen molar-refractivity contribution in [2.24, 2.45) is 0 Å². The van der Waals surface area contributed by atoms with Crippen LogP contribution in [-0.2, 0) is 5.41 Å². The second kappa shape index (κ2) is 23.9. The minimum Gasteiger partial charge on any atom is -0.310 e. The Hall–Kier alpha value is -5.34. The van der Waals surface area contributed by atoms with Crippen LogP contribution in [0.3, 0.4) is 0 Å². The first kappa shape index (κ1) is 48.6. The summed E-state index contributed by atoms with van der Waals surface area (Å²) in [7, 11) is 0. The van der Waals surface area contributed by atoms with E-state index in [2.05, 4.69) is 198 Å². The molecule has 1 aliphatic carbocycles. The first-order valence-electron chi connectivity index (χ1n) is 26.2. The van der Waals surface area contributed by atoms with Gasteiger partial charge in [-0.3, -0.25) is 0 Å². The number of hydrogen-bond acceptors (Lipinski definition) is 2. The molecule has 0 heterocycles. The van der Waals surface area contributed by atoms with Gasteiger partial charge in [-0.05, 0) is 160 Å². The second-order valence-electron chi connectivity index (χ2n) is 19.6. The molecule has 2 nitrogen and oxygen atoms in total. The Labute approximate surface area is 401 Å². The summed E-state index contributed by atoms with van der Waals surface area (Å²) in [5.41, 5.74) is 19.7. The van der Waals surface area contributed by atoms with Gasteiger partial charge in [0.05, 0.1) is 0 Å². The second-order valence-corrected chi connectivity index (χ2v) is 19.6. The highest BCUT2D eigenvalue weighted by Crippen LogP contribution is 2.57. The zero-order valence-electron chi connectivity index (χ0n) is 41.9. The van der Waals surface area contributed by atoms with Gasteiger partial charge in [-0.15, -0.1) is 0 Å². The summed E-state index contributed by atoms with van der Waals surface area (Å²) in [6.07, 6.45) is 25.1. The maximum Gasteiger partial charge on any atom is 0.0465 e. The molecule has 1 aliphatic rings. The van der Waals surface area contributed by atoms with Gasteiger partial charge in [0.1, 0.15) is 0 Å². The molecule has 0 spiro atoms. The molecular formula is C64H80N2. The lowest BCUT2D eigenvalue weighted by atomic mass is 9.70. The molecule has 0 atom stereocenters. The first-order valence-corrected chi connectivity index (χ1v) is 26.2. The van der Waals surface area contributed by atoms with Gasteiger partial charge in [0.2, 0.25) is 0 Å². The number of aryl methyl sites for hydroxylation is 3. The van der Waals surface area contributed by atoms with Crippen molar-refractivity contribution >= 4 is 39.7 Å². The number of allylic oxidation sites excluding steroid dienone is 2. The summed E-state index contributed by atoms with van der Waals surface area (Å²) in [6, 6.07) is 51.7. The molecule has 0 bridgehead atoms. The molecule has 6 aromatic rings. The van der Waals surface area contributed by atoms with Gasteiger partial charge < -0.3 is 9.80 Å². The quantitative estimate of drug-likeness (QED) is 0.0529. The van der Waals surface area contributed by atoms with Crippen LogP contribution in [0.2, 0.25) is 0 Å². The predicted molar refractivity (Wildman–Crippen MR) is 290 cm³/mol. The third-order valence-corrected chi connectivity index (χ3v) is 14.5. The van der Waals surface area contributed by atoms with Crippen molar-refractivity contribution in [2.75, 3.05) is 9.80 Å². The smallest absolute Gasteiger partial charge is 0.0465 e. The van der Waals surface area contributed by atoms with Crippen molar-refractivity contribution in [1.29, 1.82) is 0 Å². The van der Waals surface area contributed by atoms with Crippen LogP contribution in [0.5, 0.6) is 0 Å². The van der Waals surface area contributed by atoms with Gasteiger partial charge in [-0.25, -0.2) is 0 Å². The molecule has 0 fully saturated rings. The molecule has 0 amide bonds. The Morgan fingerprint density at radius 3 is 1.11 bits per heavy atom. The molecule has 0 radical (unpaired) electrons. The minimum absolute atomic E-state index is 0.0967. The molecule has 0 N–H and O–H groups in total. The largest absolute Gasteiger partial charge is 0.310 e. The van der Waals surface area contributed by atoms with Crippen molar-refractivity contribution < 1.29 is 0 Å². The molecule has 7 rings (SSSR count). The van der Waals surface area contributed by atoms with Crippen LogP contribution in [0, 0.1) is 20.8 Å². The fraction of sp³-hybridized carbons (Fsp3) is 0.406. The molecule has 0 saturated carbocycles. The van der Waals surface area contributed by atoms with Gasteiger partial charge in [0.15, 0.2) is 0 Å². The van der Waals surface area contributed by atoms with Gasteiger partial charge >= 0.3 is 0 Å². The van der Waals surface area contributed by atoms with Crippen molar-refractivity contribution in [3.63, 3.8) is 0 Å². The maximum absolute atomic E-state index is 2.62. The Kier molecular flexibility index (Phi) is 17.6. The number of fused-ring (bicyclic) bond motifs is 3. The van der Waals surface area contributed by atoms with Gasteiger partial charge in [0.25, 0.3) is 0 Å². The lowest BCUT2D eigenvalue weighted by molar-refractivity contribution is 0.398. The summed E-state index contributed by atoms with van der Waals surface area (Å²) < 4.78 is 0. The molecule has 6 aromatic carbocycles. The standard InChI is InChI=1S/C64H80N2/c1-8-12-15-17-19-22-45-64(46-23-20-18-16-13-9-2)62-47-58(65(54-33-25-49(5)26-34-54)55-35-27-50(6)28-36-55)41-43-60(62)61-44-42-59(48-63(61)64)66(56-37-29-51(7)30-38-56)57-39-31-53(32-40-57)52(11-4)24-21-14-10-3/h11,25-44,47-48H,8-10,12-24,45-46H2,1-7H3. The van der Waals surface area contributed by atoms with Crippen LogP contribution in [0.25, 0.3) is 16.7 Å². The van der Waals surface area contributed by atoms with Crippen molar-refractivity contribution in [3.05, 3.63) is 173 Å². The lowest BCUT2D eigenvalue weighted by Crippen LogP contribution is -2.26. The zero-order chi connectivity index (χ0) is 46.3. The average Bonchev–Trinajstić information content (AvgIpc) is 3.60. The van der Waals surface area contributed by atoms with E-state index < -0.39 is 0 Å². The van der Waals surface area contributed by atoms with E-state index in [1.807, 2.05) is 0 Å². The number of benzene rings is 6. The van der Waals surface area contributed by atoms with E-state index in [4.69, 9.17) is 0 Å². The summed E-state index contributed by atoms with van der Waals surface area (Å²) in [5.74, 6) is 0. The third-order valence-electron chi connectivity index (χ3n) is 14.5. The molecular weight excluding hydrogens is 797 g/mol. The minimum atomic E-state index is -0.0967. The normalized spacial score (nSPS) is 12.9. The lowest BCUT2D eigenvalue weighted by Gasteiger charge is -2.35. The average molecular weight is 877 g/mol. The summed E-state index contributed by atoms with van der Waals surface area (Å²) in [6.45, 7) is 15.7. The Bertz CT molecular complexity index is 2370. The number of rotatable bonds is 25. The molecule has 66 heavy (non-hydrogen) atoms. The predicted octanol–water partition coefficient (Wildman–Crippen LogP) is 20.3. The van der Waals surface area contributed by atoms with E-state index in [-0.39, 0.29) is 5.41 Å². The summed E-state index contributed by atoms with van der Waals surface area (Å²) in [4.78, 5) is 5.00. The summed E-state index contributed by atoms with van der Waals surface area (Å²) >= 11 is 0. The Morgan fingerprint density at radius 2 is 0.727 bits per heavy atom. The van der Waals surface area contributed by atoms with Crippen LogP contribution in [-0.4, -0.2) is 0 Å². The number of unbranched alkanes of at least 4 members (excludes halogenated alkanes) is 12. The van der Waals surface area contributed by atoms with Gasteiger partial charge in [0, 0.05) is 39.5 Å². The fourth-order valence-electron chi connectivity index (χ4n) is 10.6.